The molecule has 1 aliphatic heterocycles. The summed E-state index contributed by atoms with van der Waals surface area (Å²) in [7, 11) is 0. The number of benzene rings is 2. The number of aryl methyl sites for hydroxylation is 1. The molecule has 0 unspecified atom stereocenters. The van der Waals surface area contributed by atoms with Crippen LogP contribution in [0.15, 0.2) is 65.2 Å². The van der Waals surface area contributed by atoms with E-state index in [4.69, 9.17) is 14.0 Å². The Balaban J connectivity index is 1.07. The first-order valence-electron chi connectivity index (χ1n) is 13.0. The Hall–Kier alpha value is -4.68. The number of amides is 3. The summed E-state index contributed by atoms with van der Waals surface area (Å²) in [5.74, 6) is 1.84. The predicted molar refractivity (Wildman–Crippen MR) is 148 cm³/mol. The molecule has 3 heterocycles. The third kappa shape index (κ3) is 7.46. The summed E-state index contributed by atoms with van der Waals surface area (Å²) in [6, 6.07) is 17.7. The van der Waals surface area contributed by atoms with E-state index in [2.05, 4.69) is 36.2 Å². The van der Waals surface area contributed by atoms with Crippen LogP contribution in [0.2, 0.25) is 0 Å². The van der Waals surface area contributed by atoms with E-state index in [1.165, 1.54) is 0 Å². The van der Waals surface area contributed by atoms with Crippen LogP contribution in [-0.2, 0) is 11.3 Å². The minimum Gasteiger partial charge on any atom is -0.492 e. The maximum absolute atomic E-state index is 12.7. The number of aromatic amines is 1. The molecule has 2 aromatic carbocycles. The van der Waals surface area contributed by atoms with Crippen LogP contribution in [0.3, 0.4) is 0 Å². The minimum absolute atomic E-state index is 0.265. The molecule has 0 spiro atoms. The number of hydrogen-bond acceptors (Lipinski definition) is 8. The first kappa shape index (κ1) is 26.9. The van der Waals surface area contributed by atoms with E-state index < -0.39 is 0 Å². The number of nitrogens with zero attached hydrogens (tertiary/aromatic N) is 3. The van der Waals surface area contributed by atoms with Gasteiger partial charge in [0.2, 0.25) is 0 Å². The van der Waals surface area contributed by atoms with Crippen LogP contribution in [0, 0.1) is 6.92 Å². The van der Waals surface area contributed by atoms with Gasteiger partial charge in [-0.15, -0.1) is 0 Å². The van der Waals surface area contributed by atoms with E-state index in [0.29, 0.717) is 36.1 Å². The molecule has 12 heteroatoms. The third-order valence-electron chi connectivity index (χ3n) is 6.30. The molecule has 0 aliphatic carbocycles. The Kier molecular flexibility index (Phi) is 8.69. The second kappa shape index (κ2) is 12.9. The van der Waals surface area contributed by atoms with Crippen LogP contribution in [0.4, 0.5) is 16.4 Å². The highest BCUT2D eigenvalue weighted by molar-refractivity contribution is 6.04. The molecule has 2 aromatic heterocycles. The SMILES string of the molecule is Cc1cc(NC(=O)NCc2ccc(-c3cc(NC(=O)c4ccc(OCCN5CCOCC5)cc4)n[nH]3)cc2)no1. The first-order chi connectivity index (χ1) is 19.5. The van der Waals surface area contributed by atoms with Crippen LogP contribution in [-0.4, -0.2) is 71.6 Å². The lowest BCUT2D eigenvalue weighted by atomic mass is 10.1. The van der Waals surface area contributed by atoms with Crippen molar-refractivity contribution in [3.8, 4) is 17.0 Å². The quantitative estimate of drug-likeness (QED) is 0.236. The van der Waals surface area contributed by atoms with Gasteiger partial charge >= 0.3 is 6.03 Å². The molecule has 1 fully saturated rings. The van der Waals surface area contributed by atoms with Crippen LogP contribution in [0.5, 0.6) is 5.75 Å². The zero-order chi connectivity index (χ0) is 27.7. The van der Waals surface area contributed by atoms with Gasteiger partial charge in [-0.1, -0.05) is 29.4 Å². The molecule has 1 saturated heterocycles. The van der Waals surface area contributed by atoms with Crippen molar-refractivity contribution in [1.29, 1.82) is 0 Å². The van der Waals surface area contributed by atoms with Crippen molar-refractivity contribution in [1.82, 2.24) is 25.6 Å². The van der Waals surface area contributed by atoms with Gasteiger partial charge in [-0.05, 0) is 42.3 Å². The lowest BCUT2D eigenvalue weighted by molar-refractivity contribution is 0.0322. The molecule has 0 saturated carbocycles. The molecule has 0 atom stereocenters. The third-order valence-corrected chi connectivity index (χ3v) is 6.30. The fraction of sp³-hybridized carbons (Fsp3) is 0.286. The van der Waals surface area contributed by atoms with Gasteiger partial charge in [-0.3, -0.25) is 20.1 Å². The fourth-order valence-corrected chi connectivity index (χ4v) is 4.11. The molecule has 4 N–H and O–H groups in total. The van der Waals surface area contributed by atoms with Crippen molar-refractivity contribution in [2.75, 3.05) is 50.1 Å². The number of aromatic nitrogens is 3. The number of ether oxygens (including phenoxy) is 2. The normalized spacial score (nSPS) is 13.5. The standard InChI is InChI=1S/C28H31N7O5/c1-19-16-26(34-40-19)31-28(37)29-18-20-2-4-21(5-3-20)24-17-25(33-32-24)30-27(36)22-6-8-23(9-7-22)39-15-12-35-10-13-38-14-11-35/h2-9,16-17H,10-15,18H2,1H3,(H2,29,31,34,37)(H2,30,32,33,36). The number of nitrogens with one attached hydrogen (secondary N) is 4. The number of morpholine rings is 1. The lowest BCUT2D eigenvalue weighted by Gasteiger charge is -2.26. The van der Waals surface area contributed by atoms with Crippen molar-refractivity contribution in [3.63, 3.8) is 0 Å². The summed E-state index contributed by atoms with van der Waals surface area (Å²) in [5, 5.41) is 19.1. The summed E-state index contributed by atoms with van der Waals surface area (Å²) >= 11 is 0. The maximum Gasteiger partial charge on any atom is 0.320 e. The summed E-state index contributed by atoms with van der Waals surface area (Å²) in [6.45, 7) is 6.88. The summed E-state index contributed by atoms with van der Waals surface area (Å²) in [4.78, 5) is 27.0. The van der Waals surface area contributed by atoms with Crippen molar-refractivity contribution in [3.05, 3.63) is 77.6 Å². The van der Waals surface area contributed by atoms with Crippen LogP contribution in [0.25, 0.3) is 11.3 Å². The highest BCUT2D eigenvalue weighted by Crippen LogP contribution is 2.21. The molecule has 208 valence electrons. The largest absolute Gasteiger partial charge is 0.492 e. The molecule has 12 nitrogen and oxygen atoms in total. The Bertz CT molecular complexity index is 1410. The van der Waals surface area contributed by atoms with Gasteiger partial charge in [-0.25, -0.2) is 4.79 Å². The predicted octanol–water partition coefficient (Wildman–Crippen LogP) is 3.66. The smallest absolute Gasteiger partial charge is 0.320 e. The molecule has 5 rings (SSSR count). The second-order valence-corrected chi connectivity index (χ2v) is 9.28. The Morgan fingerprint density at radius 2 is 1.77 bits per heavy atom. The van der Waals surface area contributed by atoms with Gasteiger partial charge < -0.3 is 24.6 Å². The second-order valence-electron chi connectivity index (χ2n) is 9.28. The number of urea groups is 1. The van der Waals surface area contributed by atoms with Crippen LogP contribution < -0.4 is 20.7 Å². The van der Waals surface area contributed by atoms with E-state index >= 15 is 0 Å². The summed E-state index contributed by atoms with van der Waals surface area (Å²) < 4.78 is 16.1. The van der Waals surface area contributed by atoms with Crippen molar-refractivity contribution < 1.29 is 23.6 Å². The number of carbonyl (C=O) groups excluding carboxylic acids is 2. The van der Waals surface area contributed by atoms with E-state index in [9.17, 15) is 9.59 Å². The van der Waals surface area contributed by atoms with Crippen LogP contribution >= 0.6 is 0 Å². The number of anilines is 2. The Labute approximate surface area is 231 Å². The van der Waals surface area contributed by atoms with E-state index in [1.54, 1.807) is 43.3 Å². The molecule has 1 aliphatic rings. The van der Waals surface area contributed by atoms with E-state index in [0.717, 1.165) is 55.4 Å². The fourth-order valence-electron chi connectivity index (χ4n) is 4.11. The zero-order valence-corrected chi connectivity index (χ0v) is 22.1. The molecule has 4 aromatic rings. The molecule has 0 bridgehead atoms. The van der Waals surface area contributed by atoms with Gasteiger partial charge in [0.1, 0.15) is 18.1 Å². The highest BCUT2D eigenvalue weighted by atomic mass is 16.5. The number of H-pyrrole nitrogens is 1. The minimum atomic E-state index is -0.378. The summed E-state index contributed by atoms with van der Waals surface area (Å²) in [6.07, 6.45) is 0. The first-order valence-corrected chi connectivity index (χ1v) is 13.0. The topological polar surface area (TPSA) is 147 Å². The molecule has 40 heavy (non-hydrogen) atoms. The van der Waals surface area contributed by atoms with E-state index in [1.807, 2.05) is 24.3 Å². The highest BCUT2D eigenvalue weighted by Gasteiger charge is 2.12. The van der Waals surface area contributed by atoms with Crippen molar-refractivity contribution >= 4 is 23.6 Å². The molecular weight excluding hydrogens is 514 g/mol. The van der Waals surface area contributed by atoms with Crippen molar-refractivity contribution in [2.24, 2.45) is 0 Å². The van der Waals surface area contributed by atoms with Gasteiger partial charge in [0.05, 0.1) is 18.9 Å². The average molecular weight is 546 g/mol. The van der Waals surface area contributed by atoms with Crippen LogP contribution in [0.1, 0.15) is 21.7 Å². The van der Waals surface area contributed by atoms with Gasteiger partial charge in [0.15, 0.2) is 11.6 Å². The zero-order valence-electron chi connectivity index (χ0n) is 22.1. The number of carbonyl (C=O) groups is 2. The lowest BCUT2D eigenvalue weighted by Crippen LogP contribution is -2.38. The Morgan fingerprint density at radius 3 is 2.50 bits per heavy atom. The molecular formula is C28H31N7O5. The molecule has 3 amide bonds. The maximum atomic E-state index is 12.7. The van der Waals surface area contributed by atoms with Crippen molar-refractivity contribution in [2.45, 2.75) is 13.5 Å². The van der Waals surface area contributed by atoms with Gasteiger partial charge in [-0.2, -0.15) is 5.10 Å². The summed E-state index contributed by atoms with van der Waals surface area (Å²) in [5.41, 5.74) is 3.05. The molecule has 0 radical (unpaired) electrons. The van der Waals surface area contributed by atoms with E-state index in [-0.39, 0.29) is 11.9 Å². The Morgan fingerprint density at radius 1 is 1.00 bits per heavy atom. The monoisotopic (exact) mass is 545 g/mol. The number of rotatable bonds is 10. The van der Waals surface area contributed by atoms with Gasteiger partial charge in [0.25, 0.3) is 5.91 Å². The average Bonchev–Trinajstić information content (AvgIpc) is 3.61. The van der Waals surface area contributed by atoms with Gasteiger partial charge in [0, 0.05) is 43.9 Å². The number of hydrogen-bond donors (Lipinski definition) is 4.